The third kappa shape index (κ3) is 2.84. The molecule has 0 spiro atoms. The lowest BCUT2D eigenvalue weighted by atomic mass is 10.3. The van der Waals surface area contributed by atoms with Crippen LogP contribution in [0.5, 0.6) is 0 Å². The highest BCUT2D eigenvalue weighted by molar-refractivity contribution is 7.93. The van der Waals surface area contributed by atoms with Crippen LogP contribution in [0.2, 0.25) is 0 Å². The minimum Gasteiger partial charge on any atom is -0.399 e. The van der Waals surface area contributed by atoms with E-state index in [-0.39, 0.29) is 10.8 Å². The van der Waals surface area contributed by atoms with Crippen molar-refractivity contribution in [2.24, 2.45) is 0 Å². The number of nitrogens with one attached hydrogen (secondary N) is 1. The molecule has 0 atom stereocenters. The van der Waals surface area contributed by atoms with Crippen molar-refractivity contribution in [1.29, 1.82) is 0 Å². The number of benzene rings is 1. The van der Waals surface area contributed by atoms with Crippen molar-refractivity contribution < 1.29 is 17.2 Å². The minimum atomic E-state index is -4.39. The van der Waals surface area contributed by atoms with Crippen LogP contribution in [0.4, 0.5) is 19.6 Å². The highest BCUT2D eigenvalue weighted by Gasteiger charge is 2.28. The van der Waals surface area contributed by atoms with Crippen molar-refractivity contribution in [3.8, 4) is 0 Å². The first-order chi connectivity index (χ1) is 9.87. The highest BCUT2D eigenvalue weighted by Crippen LogP contribution is 2.41. The van der Waals surface area contributed by atoms with Gasteiger partial charge in [0.15, 0.2) is 10.0 Å². The Balaban J connectivity index is 1.92. The van der Waals surface area contributed by atoms with Gasteiger partial charge in [-0.15, -0.1) is 11.3 Å². The van der Waals surface area contributed by atoms with Gasteiger partial charge in [-0.3, -0.25) is 4.72 Å². The first-order valence-electron chi connectivity index (χ1n) is 6.09. The van der Waals surface area contributed by atoms with Crippen molar-refractivity contribution in [2.45, 2.75) is 23.7 Å². The van der Waals surface area contributed by atoms with Gasteiger partial charge in [0.25, 0.3) is 10.0 Å². The topological polar surface area (TPSA) is 85.1 Å². The quantitative estimate of drug-likeness (QED) is 0.844. The smallest absolute Gasteiger partial charge is 0.269 e. The van der Waals surface area contributed by atoms with E-state index in [0.29, 0.717) is 5.92 Å². The summed E-state index contributed by atoms with van der Waals surface area (Å²) in [6, 6.07) is 1.52. The second-order valence-corrected chi connectivity index (χ2v) is 7.25. The molecule has 0 saturated heterocycles. The standard InChI is InChI=1S/C12H11F2N3O2S2/c13-8-3-7(15)4-9(14)11(8)21(18,19)17-12-16-10(5-20-12)6-1-2-6/h3-6H,1-2,15H2,(H,16,17). The molecule has 0 radical (unpaired) electrons. The van der Waals surface area contributed by atoms with E-state index in [0.717, 1.165) is 42.0 Å². The Morgan fingerprint density at radius 3 is 2.48 bits per heavy atom. The zero-order chi connectivity index (χ0) is 15.2. The normalized spacial score (nSPS) is 15.1. The summed E-state index contributed by atoms with van der Waals surface area (Å²) in [7, 11) is -4.39. The Bertz CT molecular complexity index is 778. The van der Waals surface area contributed by atoms with E-state index in [4.69, 9.17) is 5.73 Å². The van der Waals surface area contributed by atoms with Crippen LogP contribution in [-0.2, 0) is 10.0 Å². The molecule has 0 bridgehead atoms. The zero-order valence-electron chi connectivity index (χ0n) is 10.6. The molecule has 1 saturated carbocycles. The van der Waals surface area contributed by atoms with Gasteiger partial charge in [-0.05, 0) is 25.0 Å². The lowest BCUT2D eigenvalue weighted by Gasteiger charge is -2.08. The van der Waals surface area contributed by atoms with Crippen molar-refractivity contribution in [1.82, 2.24) is 4.98 Å². The lowest BCUT2D eigenvalue weighted by Crippen LogP contribution is -2.16. The first-order valence-corrected chi connectivity index (χ1v) is 8.46. The number of nitrogen functional groups attached to an aromatic ring is 1. The van der Waals surface area contributed by atoms with Gasteiger partial charge in [-0.1, -0.05) is 0 Å². The summed E-state index contributed by atoms with van der Waals surface area (Å²) in [6.45, 7) is 0. The number of thiazole rings is 1. The number of aromatic nitrogens is 1. The summed E-state index contributed by atoms with van der Waals surface area (Å²) in [4.78, 5) is 3.06. The summed E-state index contributed by atoms with van der Waals surface area (Å²) in [5.74, 6) is -2.11. The van der Waals surface area contributed by atoms with Crippen LogP contribution in [0, 0.1) is 11.6 Å². The van der Waals surface area contributed by atoms with Crippen molar-refractivity contribution >= 4 is 32.2 Å². The molecule has 1 aromatic heterocycles. The molecular formula is C12H11F2N3O2S2. The van der Waals surface area contributed by atoms with Gasteiger partial charge in [0.2, 0.25) is 0 Å². The van der Waals surface area contributed by atoms with Gasteiger partial charge in [-0.25, -0.2) is 22.2 Å². The molecule has 0 aliphatic heterocycles. The van der Waals surface area contributed by atoms with E-state index < -0.39 is 26.6 Å². The van der Waals surface area contributed by atoms with E-state index in [1.807, 2.05) is 0 Å². The fourth-order valence-corrected chi connectivity index (χ4v) is 4.07. The minimum absolute atomic E-state index is 0.0903. The van der Waals surface area contributed by atoms with Crippen molar-refractivity contribution in [3.05, 3.63) is 34.8 Å². The van der Waals surface area contributed by atoms with Gasteiger partial charge in [0.05, 0.1) is 5.69 Å². The molecule has 21 heavy (non-hydrogen) atoms. The Hall–Kier alpha value is -1.74. The second-order valence-electron chi connectivity index (χ2n) is 4.77. The monoisotopic (exact) mass is 331 g/mol. The maximum atomic E-state index is 13.7. The molecule has 9 heteroatoms. The lowest BCUT2D eigenvalue weighted by molar-refractivity contribution is 0.522. The zero-order valence-corrected chi connectivity index (χ0v) is 12.3. The largest absolute Gasteiger partial charge is 0.399 e. The number of nitrogens with zero attached hydrogens (tertiary/aromatic N) is 1. The third-order valence-corrected chi connectivity index (χ3v) is 5.32. The highest BCUT2D eigenvalue weighted by atomic mass is 32.2. The molecule has 1 fully saturated rings. The van der Waals surface area contributed by atoms with E-state index in [1.54, 1.807) is 5.38 Å². The van der Waals surface area contributed by atoms with Crippen LogP contribution >= 0.6 is 11.3 Å². The summed E-state index contributed by atoms with van der Waals surface area (Å²) < 4.78 is 53.7. The first kappa shape index (κ1) is 14.2. The number of hydrogen-bond donors (Lipinski definition) is 2. The summed E-state index contributed by atoms with van der Waals surface area (Å²) >= 11 is 1.08. The molecule has 1 aliphatic rings. The Morgan fingerprint density at radius 1 is 1.29 bits per heavy atom. The van der Waals surface area contributed by atoms with Crippen molar-refractivity contribution in [3.63, 3.8) is 0 Å². The maximum absolute atomic E-state index is 13.7. The van der Waals surface area contributed by atoms with Gasteiger partial charge in [-0.2, -0.15) is 0 Å². The predicted octanol–water partition coefficient (Wildman–Crippen LogP) is 2.68. The molecule has 1 aromatic carbocycles. The van der Waals surface area contributed by atoms with Crippen molar-refractivity contribution in [2.75, 3.05) is 10.5 Å². The number of sulfonamides is 1. The fourth-order valence-electron chi connectivity index (χ4n) is 1.90. The number of rotatable bonds is 4. The Labute approximate surface area is 123 Å². The summed E-state index contributed by atoms with van der Waals surface area (Å²) in [5, 5.41) is 1.83. The number of hydrogen-bond acceptors (Lipinski definition) is 5. The van der Waals surface area contributed by atoms with Crippen LogP contribution in [0.25, 0.3) is 0 Å². The second kappa shape index (κ2) is 4.92. The van der Waals surface area contributed by atoms with E-state index in [2.05, 4.69) is 9.71 Å². The Morgan fingerprint density at radius 2 is 1.90 bits per heavy atom. The number of halogens is 2. The van der Waals surface area contributed by atoms with Gasteiger partial charge < -0.3 is 5.73 Å². The molecule has 1 aliphatic carbocycles. The van der Waals surface area contributed by atoms with Crippen LogP contribution in [0.3, 0.4) is 0 Å². The average Bonchev–Trinajstić information content (AvgIpc) is 3.09. The molecule has 1 heterocycles. The SMILES string of the molecule is Nc1cc(F)c(S(=O)(=O)Nc2nc(C3CC3)cs2)c(F)c1. The van der Waals surface area contributed by atoms with E-state index >= 15 is 0 Å². The van der Waals surface area contributed by atoms with Crippen LogP contribution in [0.15, 0.2) is 22.4 Å². The molecule has 2 aromatic rings. The van der Waals surface area contributed by atoms with Crippen LogP contribution < -0.4 is 10.5 Å². The summed E-state index contributed by atoms with van der Waals surface area (Å²) in [6.07, 6.45) is 2.05. The van der Waals surface area contributed by atoms with E-state index in [1.165, 1.54) is 0 Å². The molecule has 112 valence electrons. The van der Waals surface area contributed by atoms with Crippen LogP contribution in [0.1, 0.15) is 24.5 Å². The van der Waals surface area contributed by atoms with E-state index in [9.17, 15) is 17.2 Å². The summed E-state index contributed by atoms with van der Waals surface area (Å²) in [5.41, 5.74) is 5.88. The molecule has 0 amide bonds. The average molecular weight is 331 g/mol. The molecule has 5 nitrogen and oxygen atoms in total. The van der Waals surface area contributed by atoms with Gasteiger partial charge >= 0.3 is 0 Å². The number of anilines is 2. The van der Waals surface area contributed by atoms with Crippen LogP contribution in [-0.4, -0.2) is 13.4 Å². The Kier molecular flexibility index (Phi) is 3.33. The number of nitrogens with two attached hydrogens (primary N) is 1. The third-order valence-electron chi connectivity index (χ3n) is 3.03. The molecule has 0 unspecified atom stereocenters. The molecule has 3 N–H and O–H groups in total. The molecular weight excluding hydrogens is 320 g/mol. The molecule has 3 rings (SSSR count). The van der Waals surface area contributed by atoms with Gasteiger partial charge in [0.1, 0.15) is 11.6 Å². The fraction of sp³-hybridized carbons (Fsp3) is 0.250. The predicted molar refractivity (Wildman–Crippen MR) is 75.7 cm³/mol. The maximum Gasteiger partial charge on any atom is 0.269 e. The van der Waals surface area contributed by atoms with Gasteiger partial charge in [0, 0.05) is 17.0 Å².